The number of hydrogen-bond acceptors (Lipinski definition) is 3. The van der Waals surface area contributed by atoms with Crippen LogP contribution in [0.2, 0.25) is 0 Å². The molecule has 0 aliphatic rings. The molecule has 0 bridgehead atoms. The second kappa shape index (κ2) is 6.33. The molecule has 4 heteroatoms. The molecule has 90 valence electrons. The van der Waals surface area contributed by atoms with Crippen molar-refractivity contribution in [2.75, 3.05) is 13.2 Å². The average Bonchev–Trinajstić information content (AvgIpc) is 2.24. The first kappa shape index (κ1) is 12.8. The van der Waals surface area contributed by atoms with Gasteiger partial charge < -0.3 is 15.5 Å². The zero-order chi connectivity index (χ0) is 12.0. The van der Waals surface area contributed by atoms with E-state index in [9.17, 15) is 9.50 Å². The summed E-state index contributed by atoms with van der Waals surface area (Å²) in [5, 5.41) is 21.6. The first-order valence-electron chi connectivity index (χ1n) is 5.43. The maximum absolute atomic E-state index is 11.9. The molecule has 1 unspecified atom stereocenters. The summed E-state index contributed by atoms with van der Waals surface area (Å²) in [5.74, 6) is -0.213. The van der Waals surface area contributed by atoms with E-state index in [1.165, 1.54) is 6.07 Å². The number of alkyl halides is 1. The number of halogens is 1. The van der Waals surface area contributed by atoms with Gasteiger partial charge in [-0.15, -0.1) is 0 Å². The van der Waals surface area contributed by atoms with Crippen LogP contribution >= 0.6 is 0 Å². The predicted octanol–water partition coefficient (Wildman–Crippen LogP) is 1.98. The van der Waals surface area contributed by atoms with Crippen molar-refractivity contribution in [2.24, 2.45) is 0 Å². The molecule has 0 heterocycles. The summed E-state index contributed by atoms with van der Waals surface area (Å²) >= 11 is 0. The normalized spacial score (nSPS) is 12.6. The Balaban J connectivity index is 2.43. The lowest BCUT2D eigenvalue weighted by Gasteiger charge is -2.13. The molecule has 0 aliphatic carbocycles. The number of rotatable bonds is 6. The van der Waals surface area contributed by atoms with Crippen molar-refractivity contribution in [3.05, 3.63) is 23.8 Å². The molecule has 1 atom stereocenters. The van der Waals surface area contributed by atoms with Crippen LogP contribution in [-0.2, 0) is 6.42 Å². The Morgan fingerprint density at radius 2 is 2.06 bits per heavy atom. The van der Waals surface area contributed by atoms with Crippen LogP contribution < -0.4 is 5.32 Å². The van der Waals surface area contributed by atoms with Gasteiger partial charge in [0.15, 0.2) is 11.5 Å². The van der Waals surface area contributed by atoms with Gasteiger partial charge in [-0.05, 0) is 44.0 Å². The Hall–Kier alpha value is -1.29. The zero-order valence-corrected chi connectivity index (χ0v) is 9.41. The van der Waals surface area contributed by atoms with Crippen molar-refractivity contribution in [1.29, 1.82) is 0 Å². The minimum Gasteiger partial charge on any atom is -0.504 e. The van der Waals surface area contributed by atoms with E-state index >= 15 is 0 Å². The third-order valence-electron chi connectivity index (χ3n) is 2.38. The van der Waals surface area contributed by atoms with E-state index in [1.54, 1.807) is 12.1 Å². The van der Waals surface area contributed by atoms with Crippen LogP contribution in [0.25, 0.3) is 0 Å². The lowest BCUT2D eigenvalue weighted by molar-refractivity contribution is 0.402. The summed E-state index contributed by atoms with van der Waals surface area (Å²) in [6.07, 6.45) is 1.26. The van der Waals surface area contributed by atoms with Gasteiger partial charge in [0, 0.05) is 6.04 Å². The molecule has 0 aromatic heterocycles. The molecular formula is C12H18FNO2. The molecular weight excluding hydrogens is 209 g/mol. The van der Waals surface area contributed by atoms with Gasteiger partial charge in [-0.3, -0.25) is 4.39 Å². The van der Waals surface area contributed by atoms with E-state index in [1.807, 2.05) is 6.92 Å². The van der Waals surface area contributed by atoms with Crippen LogP contribution in [0.1, 0.15) is 18.9 Å². The van der Waals surface area contributed by atoms with Gasteiger partial charge in [0.25, 0.3) is 0 Å². The van der Waals surface area contributed by atoms with Crippen molar-refractivity contribution >= 4 is 0 Å². The summed E-state index contributed by atoms with van der Waals surface area (Å²) in [6.45, 7) is 2.35. The third-order valence-corrected chi connectivity index (χ3v) is 2.38. The van der Waals surface area contributed by atoms with Crippen molar-refractivity contribution in [3.63, 3.8) is 0 Å². The Bertz CT molecular complexity index is 331. The lowest BCUT2D eigenvalue weighted by Crippen LogP contribution is -2.29. The molecule has 0 saturated heterocycles. The van der Waals surface area contributed by atoms with E-state index in [4.69, 9.17) is 5.11 Å². The van der Waals surface area contributed by atoms with Crippen molar-refractivity contribution in [3.8, 4) is 11.5 Å². The number of hydrogen-bond donors (Lipinski definition) is 3. The number of phenolic OH excluding ortho intramolecular Hbond substituents is 2. The molecule has 3 nitrogen and oxygen atoms in total. The van der Waals surface area contributed by atoms with Crippen LogP contribution in [0, 0.1) is 0 Å². The summed E-state index contributed by atoms with van der Waals surface area (Å²) in [7, 11) is 0. The van der Waals surface area contributed by atoms with Gasteiger partial charge in [-0.25, -0.2) is 0 Å². The van der Waals surface area contributed by atoms with Crippen molar-refractivity contribution in [2.45, 2.75) is 25.8 Å². The Labute approximate surface area is 94.9 Å². The van der Waals surface area contributed by atoms with Crippen LogP contribution in [0.3, 0.4) is 0 Å². The molecule has 1 aromatic carbocycles. The highest BCUT2D eigenvalue weighted by molar-refractivity contribution is 5.40. The molecule has 1 rings (SSSR count). The third kappa shape index (κ3) is 4.06. The molecule has 1 aromatic rings. The average molecular weight is 227 g/mol. The quantitative estimate of drug-likeness (QED) is 0.514. The maximum Gasteiger partial charge on any atom is 0.157 e. The zero-order valence-electron chi connectivity index (χ0n) is 9.41. The Morgan fingerprint density at radius 1 is 1.31 bits per heavy atom. The highest BCUT2D eigenvalue weighted by Gasteiger charge is 2.05. The number of nitrogens with one attached hydrogen (secondary N) is 1. The predicted molar refractivity (Wildman–Crippen MR) is 61.5 cm³/mol. The molecule has 0 amide bonds. The van der Waals surface area contributed by atoms with E-state index in [0.717, 1.165) is 12.0 Å². The van der Waals surface area contributed by atoms with Gasteiger partial charge >= 0.3 is 0 Å². The molecule has 16 heavy (non-hydrogen) atoms. The van der Waals surface area contributed by atoms with Gasteiger partial charge in [0.05, 0.1) is 6.67 Å². The first-order valence-corrected chi connectivity index (χ1v) is 5.43. The number of aromatic hydroxyl groups is 2. The number of phenols is 2. The fourth-order valence-electron chi connectivity index (χ4n) is 1.54. The summed E-state index contributed by atoms with van der Waals surface area (Å²) in [6, 6.07) is 5.00. The molecule has 0 radical (unpaired) electrons. The van der Waals surface area contributed by atoms with Crippen LogP contribution in [0.15, 0.2) is 18.2 Å². The largest absolute Gasteiger partial charge is 0.504 e. The van der Waals surface area contributed by atoms with E-state index in [0.29, 0.717) is 13.0 Å². The maximum atomic E-state index is 11.9. The first-order chi connectivity index (χ1) is 7.63. The van der Waals surface area contributed by atoms with Gasteiger partial charge in [0.1, 0.15) is 0 Å². The standard InChI is InChI=1S/C12H18FNO2/c1-9(14-6-2-5-13)7-10-3-4-11(15)12(16)8-10/h3-4,8-9,14-16H,2,5-7H2,1H3. The minimum absolute atomic E-state index is 0.103. The second-order valence-corrected chi connectivity index (χ2v) is 3.92. The molecule has 0 spiro atoms. The van der Waals surface area contributed by atoms with Crippen LogP contribution in [0.5, 0.6) is 11.5 Å². The van der Waals surface area contributed by atoms with Crippen LogP contribution in [0.4, 0.5) is 4.39 Å². The monoisotopic (exact) mass is 227 g/mol. The fourth-order valence-corrected chi connectivity index (χ4v) is 1.54. The van der Waals surface area contributed by atoms with Crippen LogP contribution in [-0.4, -0.2) is 29.5 Å². The minimum atomic E-state index is -0.306. The second-order valence-electron chi connectivity index (χ2n) is 3.92. The molecule has 0 fully saturated rings. The summed E-state index contributed by atoms with van der Waals surface area (Å²) in [4.78, 5) is 0. The Morgan fingerprint density at radius 3 is 2.69 bits per heavy atom. The van der Waals surface area contributed by atoms with E-state index in [-0.39, 0.29) is 24.2 Å². The topological polar surface area (TPSA) is 52.5 Å². The van der Waals surface area contributed by atoms with Crippen molar-refractivity contribution < 1.29 is 14.6 Å². The highest BCUT2D eigenvalue weighted by atomic mass is 19.1. The highest BCUT2D eigenvalue weighted by Crippen LogP contribution is 2.25. The lowest BCUT2D eigenvalue weighted by atomic mass is 10.1. The summed E-state index contributed by atoms with van der Waals surface area (Å²) in [5.41, 5.74) is 0.940. The van der Waals surface area contributed by atoms with Crippen molar-refractivity contribution in [1.82, 2.24) is 5.32 Å². The molecule has 3 N–H and O–H groups in total. The fraction of sp³-hybridized carbons (Fsp3) is 0.500. The van der Waals surface area contributed by atoms with E-state index in [2.05, 4.69) is 5.32 Å². The Kier molecular flexibility index (Phi) is 5.05. The SMILES string of the molecule is CC(Cc1ccc(O)c(O)c1)NCCCF. The number of benzene rings is 1. The molecule has 0 aliphatic heterocycles. The van der Waals surface area contributed by atoms with Gasteiger partial charge in [-0.1, -0.05) is 6.07 Å². The summed E-state index contributed by atoms with van der Waals surface area (Å²) < 4.78 is 11.9. The van der Waals surface area contributed by atoms with Gasteiger partial charge in [-0.2, -0.15) is 0 Å². The molecule has 0 saturated carbocycles. The van der Waals surface area contributed by atoms with Gasteiger partial charge in [0.2, 0.25) is 0 Å². The van der Waals surface area contributed by atoms with E-state index < -0.39 is 0 Å². The smallest absolute Gasteiger partial charge is 0.157 e.